The molecular formula is C23H20N8O. The summed E-state index contributed by atoms with van der Waals surface area (Å²) in [6.07, 6.45) is 8.71. The van der Waals surface area contributed by atoms with Gasteiger partial charge in [0.1, 0.15) is 5.52 Å². The van der Waals surface area contributed by atoms with E-state index < -0.39 is 0 Å². The molecule has 9 nitrogen and oxygen atoms in total. The molecule has 0 amide bonds. The molecule has 5 aromatic rings. The smallest absolute Gasteiger partial charge is 0.212 e. The summed E-state index contributed by atoms with van der Waals surface area (Å²) in [4.78, 5) is 17.7. The summed E-state index contributed by atoms with van der Waals surface area (Å²) in [5.74, 6) is 1.73. The van der Waals surface area contributed by atoms with Crippen LogP contribution in [0.15, 0.2) is 73.4 Å². The molecule has 0 aliphatic rings. The minimum absolute atomic E-state index is 0.508. The molecule has 9 heteroatoms. The number of nitrogens with zero attached hydrogens (tertiary/aromatic N) is 6. The number of nitrogens with one attached hydrogen (secondary N) is 1. The highest BCUT2D eigenvalue weighted by molar-refractivity contribution is 5.89. The number of nitrogens with two attached hydrogens (primary N) is 1. The van der Waals surface area contributed by atoms with Gasteiger partial charge in [-0.2, -0.15) is 0 Å². The van der Waals surface area contributed by atoms with E-state index in [0.29, 0.717) is 29.8 Å². The van der Waals surface area contributed by atoms with Crippen LogP contribution in [-0.2, 0) is 6.54 Å². The van der Waals surface area contributed by atoms with Gasteiger partial charge in [0.25, 0.3) is 0 Å². The molecule has 0 radical (unpaired) electrons. The van der Waals surface area contributed by atoms with Crippen molar-refractivity contribution in [3.63, 3.8) is 0 Å². The molecule has 0 aromatic carbocycles. The van der Waals surface area contributed by atoms with Gasteiger partial charge in [0.05, 0.1) is 25.0 Å². The lowest BCUT2D eigenvalue weighted by molar-refractivity contribution is 0.398. The summed E-state index contributed by atoms with van der Waals surface area (Å²) in [5, 5.41) is 8.11. The number of anilines is 2. The first kappa shape index (κ1) is 19.4. The Bertz CT molecular complexity index is 1370. The Morgan fingerprint density at radius 2 is 1.97 bits per heavy atom. The van der Waals surface area contributed by atoms with Crippen LogP contribution in [0.25, 0.3) is 28.0 Å². The molecule has 0 spiro atoms. The number of pyridine rings is 3. The van der Waals surface area contributed by atoms with Gasteiger partial charge in [-0.05, 0) is 30.3 Å². The first-order valence-corrected chi connectivity index (χ1v) is 9.96. The zero-order chi connectivity index (χ0) is 21.9. The van der Waals surface area contributed by atoms with Crippen LogP contribution in [0, 0.1) is 0 Å². The number of rotatable bonds is 6. The van der Waals surface area contributed by atoms with E-state index >= 15 is 0 Å². The second-order valence-corrected chi connectivity index (χ2v) is 7.08. The SMILES string of the molecule is COc1ccc(-c2ccn3nc(-c4cncc(N)c4)nc(NCc4ccccn4)c23)cn1. The van der Waals surface area contributed by atoms with Gasteiger partial charge >= 0.3 is 0 Å². The van der Waals surface area contributed by atoms with Crippen LogP contribution in [0.1, 0.15) is 5.69 Å². The van der Waals surface area contributed by atoms with Crippen LogP contribution < -0.4 is 15.8 Å². The van der Waals surface area contributed by atoms with Gasteiger partial charge in [-0.25, -0.2) is 14.5 Å². The number of nitrogen functional groups attached to an aromatic ring is 1. The molecule has 0 saturated carbocycles. The van der Waals surface area contributed by atoms with Crippen molar-refractivity contribution in [2.45, 2.75) is 6.54 Å². The van der Waals surface area contributed by atoms with Crippen LogP contribution >= 0.6 is 0 Å². The summed E-state index contributed by atoms with van der Waals surface area (Å²) < 4.78 is 6.98. The standard InChI is InChI=1S/C23H20N8O/c1-32-20-6-5-15(12-27-20)19-7-9-31-21(19)23(28-14-18-4-2-3-8-26-18)29-22(30-31)16-10-17(24)13-25-11-16/h2-13H,14,24H2,1H3,(H,28,29,30). The van der Waals surface area contributed by atoms with E-state index in [9.17, 15) is 0 Å². The van der Waals surface area contributed by atoms with E-state index in [0.717, 1.165) is 27.9 Å². The van der Waals surface area contributed by atoms with E-state index in [2.05, 4.69) is 20.3 Å². The summed E-state index contributed by atoms with van der Waals surface area (Å²) in [5.41, 5.74) is 10.8. The van der Waals surface area contributed by atoms with Crippen LogP contribution in [0.5, 0.6) is 5.88 Å². The van der Waals surface area contributed by atoms with Crippen molar-refractivity contribution >= 4 is 17.0 Å². The predicted molar refractivity (Wildman–Crippen MR) is 122 cm³/mol. The molecule has 5 aromatic heterocycles. The average molecular weight is 424 g/mol. The summed E-state index contributed by atoms with van der Waals surface area (Å²) >= 11 is 0. The Kier molecular flexibility index (Phi) is 5.04. The number of fused-ring (bicyclic) bond motifs is 1. The Hall–Kier alpha value is -4.53. The Morgan fingerprint density at radius 1 is 1.03 bits per heavy atom. The molecule has 0 fully saturated rings. The molecule has 32 heavy (non-hydrogen) atoms. The molecule has 158 valence electrons. The monoisotopic (exact) mass is 424 g/mol. The fraction of sp³-hybridized carbons (Fsp3) is 0.0870. The van der Waals surface area contributed by atoms with Crippen molar-refractivity contribution in [2.75, 3.05) is 18.2 Å². The van der Waals surface area contributed by atoms with Crippen LogP contribution in [0.3, 0.4) is 0 Å². The lowest BCUT2D eigenvalue weighted by Gasteiger charge is -2.11. The van der Waals surface area contributed by atoms with Gasteiger partial charge in [0.15, 0.2) is 11.6 Å². The topological polar surface area (TPSA) is 116 Å². The van der Waals surface area contributed by atoms with E-state index in [-0.39, 0.29) is 0 Å². The van der Waals surface area contributed by atoms with Gasteiger partial charge in [0, 0.05) is 53.7 Å². The molecule has 0 saturated heterocycles. The molecule has 0 atom stereocenters. The van der Waals surface area contributed by atoms with Crippen LogP contribution in [0.2, 0.25) is 0 Å². The maximum atomic E-state index is 5.92. The number of aromatic nitrogens is 6. The third-order valence-electron chi connectivity index (χ3n) is 4.95. The lowest BCUT2D eigenvalue weighted by atomic mass is 10.1. The average Bonchev–Trinajstić information content (AvgIpc) is 3.27. The number of ether oxygens (including phenoxy) is 1. The van der Waals surface area contributed by atoms with Crippen LogP contribution in [-0.4, -0.2) is 36.7 Å². The second kappa shape index (κ2) is 8.31. The van der Waals surface area contributed by atoms with Crippen molar-refractivity contribution in [1.82, 2.24) is 29.5 Å². The normalized spacial score (nSPS) is 10.9. The summed E-state index contributed by atoms with van der Waals surface area (Å²) in [6.45, 7) is 0.508. The van der Waals surface area contributed by atoms with Crippen molar-refractivity contribution in [3.05, 3.63) is 79.1 Å². The van der Waals surface area contributed by atoms with E-state index in [1.807, 2.05) is 42.6 Å². The molecule has 0 aliphatic carbocycles. The lowest BCUT2D eigenvalue weighted by Crippen LogP contribution is -2.08. The van der Waals surface area contributed by atoms with Crippen molar-refractivity contribution in [3.8, 4) is 28.4 Å². The van der Waals surface area contributed by atoms with Gasteiger partial charge in [-0.3, -0.25) is 9.97 Å². The fourth-order valence-electron chi connectivity index (χ4n) is 3.42. The van der Waals surface area contributed by atoms with Gasteiger partial charge < -0.3 is 15.8 Å². The number of hydrogen-bond acceptors (Lipinski definition) is 8. The minimum atomic E-state index is 0.508. The fourth-order valence-corrected chi connectivity index (χ4v) is 3.42. The highest BCUT2D eigenvalue weighted by Crippen LogP contribution is 2.31. The van der Waals surface area contributed by atoms with Crippen molar-refractivity contribution in [2.24, 2.45) is 0 Å². The molecule has 3 N–H and O–H groups in total. The van der Waals surface area contributed by atoms with Crippen molar-refractivity contribution in [1.29, 1.82) is 0 Å². The molecule has 0 aliphatic heterocycles. The molecule has 5 rings (SSSR count). The third kappa shape index (κ3) is 3.79. The quantitative estimate of drug-likeness (QED) is 0.426. The third-order valence-corrected chi connectivity index (χ3v) is 4.95. The van der Waals surface area contributed by atoms with Gasteiger partial charge in [-0.1, -0.05) is 6.07 Å². The molecular weight excluding hydrogens is 404 g/mol. The molecule has 0 unspecified atom stereocenters. The highest BCUT2D eigenvalue weighted by atomic mass is 16.5. The zero-order valence-corrected chi connectivity index (χ0v) is 17.3. The van der Waals surface area contributed by atoms with Gasteiger partial charge in [-0.15, -0.1) is 5.10 Å². The summed E-state index contributed by atoms with van der Waals surface area (Å²) in [6, 6.07) is 13.4. The Morgan fingerprint density at radius 3 is 2.72 bits per heavy atom. The maximum absolute atomic E-state index is 5.92. The first-order valence-electron chi connectivity index (χ1n) is 9.96. The van der Waals surface area contributed by atoms with E-state index in [1.54, 1.807) is 42.5 Å². The molecule has 5 heterocycles. The maximum Gasteiger partial charge on any atom is 0.212 e. The zero-order valence-electron chi connectivity index (χ0n) is 17.3. The number of methoxy groups -OCH3 is 1. The van der Waals surface area contributed by atoms with E-state index in [4.69, 9.17) is 20.6 Å². The number of hydrogen-bond donors (Lipinski definition) is 2. The summed E-state index contributed by atoms with van der Waals surface area (Å²) in [7, 11) is 1.59. The first-order chi connectivity index (χ1) is 15.7. The largest absolute Gasteiger partial charge is 0.481 e. The molecule has 0 bridgehead atoms. The minimum Gasteiger partial charge on any atom is -0.481 e. The Balaban J connectivity index is 1.63. The predicted octanol–water partition coefficient (Wildman–Crippen LogP) is 3.45. The van der Waals surface area contributed by atoms with Crippen LogP contribution in [0.4, 0.5) is 11.5 Å². The Labute approximate surface area is 184 Å². The highest BCUT2D eigenvalue weighted by Gasteiger charge is 2.16. The van der Waals surface area contributed by atoms with Crippen molar-refractivity contribution < 1.29 is 4.74 Å². The second-order valence-electron chi connectivity index (χ2n) is 7.08. The van der Waals surface area contributed by atoms with E-state index in [1.165, 1.54) is 0 Å². The van der Waals surface area contributed by atoms with Gasteiger partial charge in [0.2, 0.25) is 5.88 Å².